The average molecular weight is 506 g/mol. The van der Waals surface area contributed by atoms with Gasteiger partial charge in [0.15, 0.2) is 5.13 Å². The van der Waals surface area contributed by atoms with Gasteiger partial charge in [0.2, 0.25) is 0 Å². The van der Waals surface area contributed by atoms with Crippen molar-refractivity contribution in [1.82, 2.24) is 19.7 Å². The number of nitrogens with zero attached hydrogens (tertiary/aromatic N) is 5. The molecule has 0 radical (unpaired) electrons. The van der Waals surface area contributed by atoms with Crippen LogP contribution in [-0.2, 0) is 4.74 Å². The largest absolute Gasteiger partial charge is 0.379 e. The molecule has 4 rings (SSSR count). The van der Waals surface area contributed by atoms with Crippen molar-refractivity contribution in [2.24, 2.45) is 0 Å². The van der Waals surface area contributed by atoms with Gasteiger partial charge < -0.3 is 4.74 Å². The van der Waals surface area contributed by atoms with Gasteiger partial charge in [0.1, 0.15) is 5.69 Å². The van der Waals surface area contributed by atoms with E-state index in [-0.39, 0.29) is 11.9 Å². The molecule has 31 heavy (non-hydrogen) atoms. The molecule has 1 saturated heterocycles. The maximum atomic E-state index is 13.7. The van der Waals surface area contributed by atoms with E-state index in [0.29, 0.717) is 12.2 Å². The highest BCUT2D eigenvalue weighted by atomic mass is 79.9. The highest BCUT2D eigenvalue weighted by Gasteiger charge is 2.26. The van der Waals surface area contributed by atoms with Crippen molar-refractivity contribution in [2.45, 2.75) is 33.2 Å². The van der Waals surface area contributed by atoms with E-state index in [1.807, 2.05) is 48.6 Å². The first-order valence-electron chi connectivity index (χ1n) is 10.7. The summed E-state index contributed by atoms with van der Waals surface area (Å²) in [6.45, 7) is 11.0. The molecule has 1 amide bonds. The van der Waals surface area contributed by atoms with Crippen LogP contribution in [0.15, 0.2) is 28.7 Å². The minimum absolute atomic E-state index is 0.0469. The molecule has 1 fully saturated rings. The van der Waals surface area contributed by atoms with Gasteiger partial charge in [0.25, 0.3) is 5.91 Å². The number of aromatic nitrogens is 3. The molecule has 3 aromatic rings. The molecule has 0 atom stereocenters. The summed E-state index contributed by atoms with van der Waals surface area (Å²) in [6, 6.07) is 8.00. The quantitative estimate of drug-likeness (QED) is 0.472. The lowest BCUT2D eigenvalue weighted by molar-refractivity contribution is 0.0376. The Morgan fingerprint density at radius 2 is 2.06 bits per heavy atom. The minimum Gasteiger partial charge on any atom is -0.379 e. The van der Waals surface area contributed by atoms with Gasteiger partial charge in [-0.2, -0.15) is 5.10 Å². The summed E-state index contributed by atoms with van der Waals surface area (Å²) in [6.07, 6.45) is 0.875. The maximum Gasteiger partial charge on any atom is 0.278 e. The Bertz CT molecular complexity index is 1060. The number of fused-ring (bicyclic) bond motifs is 1. The van der Waals surface area contributed by atoms with Crippen LogP contribution in [-0.4, -0.2) is 65.0 Å². The number of hydrogen-bond donors (Lipinski definition) is 0. The number of carbonyl (C=O) groups excluding carboxylic acids is 1. The van der Waals surface area contributed by atoms with Gasteiger partial charge in [-0.3, -0.25) is 19.3 Å². The first kappa shape index (κ1) is 22.4. The standard InChI is InChI=1S/C22H28BrN5O2S/c1-15(2)28-19(13-16(3)25-28)21(29)27(8-4-7-26-9-11-30-12-10-26)22-24-18-6-5-17(23)14-20(18)31-22/h5-6,13-15H,4,7-12H2,1-3H3. The molecule has 0 N–H and O–H groups in total. The summed E-state index contributed by atoms with van der Waals surface area (Å²) in [5, 5.41) is 5.27. The molecule has 2 aromatic heterocycles. The number of rotatable bonds is 7. The summed E-state index contributed by atoms with van der Waals surface area (Å²) >= 11 is 5.08. The zero-order valence-electron chi connectivity index (χ0n) is 18.2. The van der Waals surface area contributed by atoms with Gasteiger partial charge in [-0.1, -0.05) is 27.3 Å². The van der Waals surface area contributed by atoms with Gasteiger partial charge in [-0.15, -0.1) is 0 Å². The zero-order chi connectivity index (χ0) is 22.0. The van der Waals surface area contributed by atoms with Crippen LogP contribution in [0.25, 0.3) is 10.2 Å². The van der Waals surface area contributed by atoms with Crippen molar-refractivity contribution in [3.05, 3.63) is 40.1 Å². The molecule has 9 heteroatoms. The third kappa shape index (κ3) is 5.16. The Kier molecular flexibility index (Phi) is 7.05. The normalized spacial score (nSPS) is 15.1. The number of halogens is 1. The van der Waals surface area contributed by atoms with E-state index in [1.165, 1.54) is 0 Å². The molecule has 0 aliphatic carbocycles. The van der Waals surface area contributed by atoms with Gasteiger partial charge in [0.05, 0.1) is 29.1 Å². The number of anilines is 1. The molecule has 7 nitrogen and oxygen atoms in total. The first-order chi connectivity index (χ1) is 14.9. The molecule has 1 aliphatic heterocycles. The summed E-state index contributed by atoms with van der Waals surface area (Å²) in [5.74, 6) is -0.0469. The van der Waals surface area contributed by atoms with E-state index in [9.17, 15) is 4.79 Å². The van der Waals surface area contributed by atoms with Crippen molar-refractivity contribution in [3.8, 4) is 0 Å². The number of benzene rings is 1. The Hall–Kier alpha value is -1.81. The van der Waals surface area contributed by atoms with E-state index in [1.54, 1.807) is 11.3 Å². The third-order valence-corrected chi connectivity index (χ3v) is 6.88. The van der Waals surface area contributed by atoms with Gasteiger partial charge in [0, 0.05) is 36.7 Å². The molecule has 0 unspecified atom stereocenters. The number of amides is 1. The number of carbonyl (C=O) groups is 1. The van der Waals surface area contributed by atoms with Gasteiger partial charge in [-0.25, -0.2) is 4.98 Å². The van der Waals surface area contributed by atoms with Crippen LogP contribution < -0.4 is 4.90 Å². The van der Waals surface area contributed by atoms with Crippen molar-refractivity contribution in [2.75, 3.05) is 44.3 Å². The van der Waals surface area contributed by atoms with Gasteiger partial charge >= 0.3 is 0 Å². The molecule has 1 aliphatic rings. The predicted molar refractivity (Wildman–Crippen MR) is 128 cm³/mol. The Morgan fingerprint density at radius 1 is 1.29 bits per heavy atom. The molecular weight excluding hydrogens is 478 g/mol. The van der Waals surface area contributed by atoms with E-state index in [0.717, 1.165) is 64.8 Å². The van der Waals surface area contributed by atoms with Crippen LogP contribution in [0.1, 0.15) is 42.5 Å². The van der Waals surface area contributed by atoms with Crippen LogP contribution in [0, 0.1) is 6.92 Å². The van der Waals surface area contributed by atoms with Crippen molar-refractivity contribution < 1.29 is 9.53 Å². The minimum atomic E-state index is -0.0469. The monoisotopic (exact) mass is 505 g/mol. The fourth-order valence-corrected chi connectivity index (χ4v) is 5.31. The first-order valence-corrected chi connectivity index (χ1v) is 12.3. The second-order valence-electron chi connectivity index (χ2n) is 8.08. The second kappa shape index (κ2) is 9.77. The Morgan fingerprint density at radius 3 is 2.81 bits per heavy atom. The zero-order valence-corrected chi connectivity index (χ0v) is 20.6. The summed E-state index contributed by atoms with van der Waals surface area (Å²) in [7, 11) is 0. The van der Waals surface area contributed by atoms with E-state index in [4.69, 9.17) is 9.72 Å². The fraction of sp³-hybridized carbons (Fsp3) is 0.500. The van der Waals surface area contributed by atoms with Crippen molar-refractivity contribution in [1.29, 1.82) is 0 Å². The smallest absolute Gasteiger partial charge is 0.278 e. The second-order valence-corrected chi connectivity index (χ2v) is 10.0. The Balaban J connectivity index is 1.61. The number of ether oxygens (including phenoxy) is 1. The third-order valence-electron chi connectivity index (χ3n) is 5.34. The lowest BCUT2D eigenvalue weighted by Gasteiger charge is -2.28. The molecule has 1 aromatic carbocycles. The van der Waals surface area contributed by atoms with Crippen molar-refractivity contribution >= 4 is 48.5 Å². The van der Waals surface area contributed by atoms with Crippen LogP contribution in [0.3, 0.4) is 0 Å². The Labute approximate surface area is 195 Å². The van der Waals surface area contributed by atoms with Crippen molar-refractivity contribution in [3.63, 3.8) is 0 Å². The van der Waals surface area contributed by atoms with Crippen LogP contribution in [0.5, 0.6) is 0 Å². The molecule has 166 valence electrons. The van der Waals surface area contributed by atoms with Crippen LogP contribution in [0.2, 0.25) is 0 Å². The lowest BCUT2D eigenvalue weighted by atomic mass is 10.2. The summed E-state index contributed by atoms with van der Waals surface area (Å²) < 4.78 is 9.33. The highest BCUT2D eigenvalue weighted by Crippen LogP contribution is 2.32. The fourth-order valence-electron chi connectivity index (χ4n) is 3.77. The highest BCUT2D eigenvalue weighted by molar-refractivity contribution is 9.10. The van der Waals surface area contributed by atoms with Crippen LogP contribution in [0.4, 0.5) is 5.13 Å². The molecule has 0 saturated carbocycles. The van der Waals surface area contributed by atoms with E-state index >= 15 is 0 Å². The van der Waals surface area contributed by atoms with Gasteiger partial charge in [-0.05, 0) is 51.5 Å². The van der Waals surface area contributed by atoms with E-state index < -0.39 is 0 Å². The number of thiazole rings is 1. The number of aryl methyl sites for hydroxylation is 1. The molecule has 0 bridgehead atoms. The average Bonchev–Trinajstić information content (AvgIpc) is 3.34. The molecule has 3 heterocycles. The molecular formula is C22H28BrN5O2S. The van der Waals surface area contributed by atoms with E-state index in [2.05, 4.69) is 32.0 Å². The predicted octanol–water partition coefficient (Wildman–Crippen LogP) is 4.51. The molecule has 0 spiro atoms. The van der Waals surface area contributed by atoms with Crippen LogP contribution >= 0.6 is 27.3 Å². The maximum absolute atomic E-state index is 13.7. The number of morpholine rings is 1. The summed E-state index contributed by atoms with van der Waals surface area (Å²) in [5.41, 5.74) is 2.36. The topological polar surface area (TPSA) is 63.5 Å². The summed E-state index contributed by atoms with van der Waals surface area (Å²) in [4.78, 5) is 22.7. The lowest BCUT2D eigenvalue weighted by Crippen LogP contribution is -2.39. The SMILES string of the molecule is Cc1cc(C(=O)N(CCCN2CCOCC2)c2nc3ccc(Br)cc3s2)n(C(C)C)n1. The number of hydrogen-bond acceptors (Lipinski definition) is 6.